The van der Waals surface area contributed by atoms with Gasteiger partial charge in [-0.25, -0.2) is 0 Å². The van der Waals surface area contributed by atoms with Crippen LogP contribution < -0.4 is 19.5 Å². The van der Waals surface area contributed by atoms with Gasteiger partial charge in [0, 0.05) is 21.7 Å². The molecule has 1 aliphatic rings. The van der Waals surface area contributed by atoms with Crippen molar-refractivity contribution in [2.75, 3.05) is 19.2 Å². The zero-order chi connectivity index (χ0) is 22.6. The molecule has 1 aliphatic heterocycles. The predicted molar refractivity (Wildman–Crippen MR) is 123 cm³/mol. The first kappa shape index (κ1) is 20.9. The number of benzene rings is 3. The lowest BCUT2D eigenvalue weighted by atomic mass is 10.2. The fourth-order valence-corrected chi connectivity index (χ4v) is 3.92. The maximum atomic E-state index is 12.4. The minimum Gasteiger partial charge on any atom is -0.497 e. The van der Waals surface area contributed by atoms with Gasteiger partial charge in [0.25, 0.3) is 5.91 Å². The van der Waals surface area contributed by atoms with E-state index in [-0.39, 0.29) is 12.7 Å². The standard InChI is InChI=1S/C24H19N3O5S/c1-29-18-7-2-15(3-8-18)23(28)25-17-5-9-19(10-6-17)33-13-22-26-27-24(32-22)16-4-11-20-21(12-16)31-14-30-20/h2-12H,13-14H2,1H3,(H,25,28). The van der Waals surface area contributed by atoms with Gasteiger partial charge in [-0.3, -0.25) is 4.79 Å². The van der Waals surface area contributed by atoms with E-state index in [1.165, 1.54) is 0 Å². The third-order valence-corrected chi connectivity index (χ3v) is 5.91. The van der Waals surface area contributed by atoms with E-state index in [4.69, 9.17) is 18.6 Å². The number of nitrogens with one attached hydrogen (secondary N) is 1. The van der Waals surface area contributed by atoms with Crippen LogP contribution in [0.5, 0.6) is 17.2 Å². The highest BCUT2D eigenvalue weighted by molar-refractivity contribution is 7.98. The van der Waals surface area contributed by atoms with Gasteiger partial charge in [-0.15, -0.1) is 22.0 Å². The smallest absolute Gasteiger partial charge is 0.255 e. The number of amides is 1. The number of thioether (sulfide) groups is 1. The van der Waals surface area contributed by atoms with E-state index in [0.717, 1.165) is 10.5 Å². The fraction of sp³-hybridized carbons (Fsp3) is 0.125. The molecule has 3 aromatic carbocycles. The van der Waals surface area contributed by atoms with Gasteiger partial charge in [0.05, 0.1) is 12.9 Å². The van der Waals surface area contributed by atoms with Crippen LogP contribution in [-0.2, 0) is 5.75 Å². The summed E-state index contributed by atoms with van der Waals surface area (Å²) in [6.45, 7) is 0.217. The summed E-state index contributed by atoms with van der Waals surface area (Å²) in [4.78, 5) is 13.4. The van der Waals surface area contributed by atoms with Crippen molar-refractivity contribution in [3.63, 3.8) is 0 Å². The first-order valence-corrected chi connectivity index (χ1v) is 11.1. The Morgan fingerprint density at radius 1 is 1.00 bits per heavy atom. The highest BCUT2D eigenvalue weighted by Gasteiger charge is 2.17. The Balaban J connectivity index is 1.17. The van der Waals surface area contributed by atoms with E-state index < -0.39 is 0 Å². The molecule has 0 aliphatic carbocycles. The molecule has 0 saturated carbocycles. The number of hydrogen-bond donors (Lipinski definition) is 1. The summed E-state index contributed by atoms with van der Waals surface area (Å²) in [7, 11) is 1.59. The Morgan fingerprint density at radius 3 is 2.58 bits per heavy atom. The van der Waals surface area contributed by atoms with Crippen LogP contribution >= 0.6 is 11.8 Å². The molecular formula is C24H19N3O5S. The molecule has 0 bridgehead atoms. The molecular weight excluding hydrogens is 442 g/mol. The minimum atomic E-state index is -0.181. The number of hydrogen-bond acceptors (Lipinski definition) is 8. The third kappa shape index (κ3) is 4.78. The van der Waals surface area contributed by atoms with Crippen molar-refractivity contribution in [2.24, 2.45) is 0 Å². The number of carbonyl (C=O) groups excluding carboxylic acids is 1. The lowest BCUT2D eigenvalue weighted by molar-refractivity contribution is 0.102. The molecule has 8 nitrogen and oxygen atoms in total. The number of aromatic nitrogens is 2. The van der Waals surface area contributed by atoms with Crippen LogP contribution in [0.25, 0.3) is 11.5 Å². The average molecular weight is 461 g/mol. The third-order valence-electron chi connectivity index (χ3n) is 4.91. The topological polar surface area (TPSA) is 95.7 Å². The van der Waals surface area contributed by atoms with Crippen LogP contribution in [0.15, 0.2) is 76.0 Å². The zero-order valence-electron chi connectivity index (χ0n) is 17.6. The van der Waals surface area contributed by atoms with Gasteiger partial charge in [0.2, 0.25) is 18.6 Å². The van der Waals surface area contributed by atoms with Gasteiger partial charge in [0.15, 0.2) is 11.5 Å². The van der Waals surface area contributed by atoms with Crippen molar-refractivity contribution in [3.8, 4) is 28.7 Å². The molecule has 5 rings (SSSR count). The number of fused-ring (bicyclic) bond motifs is 1. The molecule has 0 fully saturated rings. The summed E-state index contributed by atoms with van der Waals surface area (Å²) >= 11 is 1.56. The van der Waals surface area contributed by atoms with Gasteiger partial charge >= 0.3 is 0 Å². The first-order valence-electron chi connectivity index (χ1n) is 10.1. The molecule has 166 valence electrons. The number of ether oxygens (including phenoxy) is 3. The summed E-state index contributed by atoms with van der Waals surface area (Å²) in [5.41, 5.74) is 2.05. The molecule has 0 saturated heterocycles. The van der Waals surface area contributed by atoms with Gasteiger partial charge in [-0.2, -0.15) is 0 Å². The van der Waals surface area contributed by atoms with Gasteiger partial charge in [0.1, 0.15) is 5.75 Å². The molecule has 4 aromatic rings. The highest BCUT2D eigenvalue weighted by Crippen LogP contribution is 2.35. The summed E-state index contributed by atoms with van der Waals surface area (Å²) in [5.74, 6) is 3.37. The van der Waals surface area contributed by atoms with Crippen LogP contribution in [0.2, 0.25) is 0 Å². The zero-order valence-corrected chi connectivity index (χ0v) is 18.4. The Morgan fingerprint density at radius 2 is 1.79 bits per heavy atom. The number of methoxy groups -OCH3 is 1. The molecule has 2 heterocycles. The summed E-state index contributed by atoms with van der Waals surface area (Å²) in [6.07, 6.45) is 0. The molecule has 0 unspecified atom stereocenters. The van der Waals surface area contributed by atoms with E-state index in [9.17, 15) is 4.79 Å². The Kier molecular flexibility index (Phi) is 5.86. The maximum Gasteiger partial charge on any atom is 0.255 e. The van der Waals surface area contributed by atoms with Gasteiger partial charge in [-0.05, 0) is 66.7 Å². The SMILES string of the molecule is COc1ccc(C(=O)Nc2ccc(SCc3nnc(-c4ccc5c(c4)OCO5)o3)cc2)cc1. The second kappa shape index (κ2) is 9.25. The van der Waals surface area contributed by atoms with Crippen molar-refractivity contribution in [3.05, 3.63) is 78.2 Å². The normalized spacial score (nSPS) is 11.9. The van der Waals surface area contributed by atoms with Crippen LogP contribution in [0.4, 0.5) is 5.69 Å². The van der Waals surface area contributed by atoms with Crippen molar-refractivity contribution >= 4 is 23.4 Å². The predicted octanol–water partition coefficient (Wildman–Crippen LogP) is 5.02. The summed E-state index contributed by atoms with van der Waals surface area (Å²) in [6, 6.07) is 20.0. The highest BCUT2D eigenvalue weighted by atomic mass is 32.2. The molecule has 1 N–H and O–H groups in total. The second-order valence-electron chi connectivity index (χ2n) is 7.06. The Bertz CT molecular complexity index is 1270. The quantitative estimate of drug-likeness (QED) is 0.384. The number of carbonyl (C=O) groups is 1. The van der Waals surface area contributed by atoms with E-state index in [1.54, 1.807) is 43.1 Å². The van der Waals surface area contributed by atoms with Crippen molar-refractivity contribution < 1.29 is 23.4 Å². The Hall–Kier alpha value is -3.98. The second-order valence-corrected chi connectivity index (χ2v) is 8.11. The first-order chi connectivity index (χ1) is 16.2. The lowest BCUT2D eigenvalue weighted by Crippen LogP contribution is -2.11. The monoisotopic (exact) mass is 461 g/mol. The van der Waals surface area contributed by atoms with Crippen LogP contribution in [0, 0.1) is 0 Å². The minimum absolute atomic E-state index is 0.181. The molecule has 1 amide bonds. The van der Waals surface area contributed by atoms with E-state index >= 15 is 0 Å². The summed E-state index contributed by atoms with van der Waals surface area (Å²) in [5, 5.41) is 11.1. The average Bonchev–Trinajstić information content (AvgIpc) is 3.53. The van der Waals surface area contributed by atoms with E-state index in [0.29, 0.717) is 46.0 Å². The van der Waals surface area contributed by atoms with Crippen LogP contribution in [0.3, 0.4) is 0 Å². The van der Waals surface area contributed by atoms with Crippen molar-refractivity contribution in [1.29, 1.82) is 0 Å². The van der Waals surface area contributed by atoms with E-state index in [1.807, 2.05) is 42.5 Å². The van der Waals surface area contributed by atoms with Gasteiger partial charge in [-0.1, -0.05) is 0 Å². The van der Waals surface area contributed by atoms with Crippen LogP contribution in [-0.4, -0.2) is 30.0 Å². The number of anilines is 1. The van der Waals surface area contributed by atoms with Crippen molar-refractivity contribution in [1.82, 2.24) is 10.2 Å². The van der Waals surface area contributed by atoms with Crippen molar-refractivity contribution in [2.45, 2.75) is 10.6 Å². The lowest BCUT2D eigenvalue weighted by Gasteiger charge is -2.07. The molecule has 0 radical (unpaired) electrons. The number of nitrogens with zero attached hydrogens (tertiary/aromatic N) is 2. The molecule has 9 heteroatoms. The molecule has 0 spiro atoms. The molecule has 1 aromatic heterocycles. The number of rotatable bonds is 7. The summed E-state index contributed by atoms with van der Waals surface area (Å²) < 4.78 is 21.6. The molecule has 0 atom stereocenters. The van der Waals surface area contributed by atoms with E-state index in [2.05, 4.69) is 15.5 Å². The van der Waals surface area contributed by atoms with Gasteiger partial charge < -0.3 is 23.9 Å². The maximum absolute atomic E-state index is 12.4. The fourth-order valence-electron chi connectivity index (χ4n) is 3.18. The molecule has 33 heavy (non-hydrogen) atoms. The Labute approximate surface area is 193 Å². The van der Waals surface area contributed by atoms with Crippen LogP contribution in [0.1, 0.15) is 16.2 Å². The largest absolute Gasteiger partial charge is 0.497 e.